The van der Waals surface area contributed by atoms with Crippen molar-refractivity contribution in [3.63, 3.8) is 0 Å². The lowest BCUT2D eigenvalue weighted by molar-refractivity contribution is 0.0957. The number of ether oxygens (including phenoxy) is 1. The van der Waals surface area contributed by atoms with Gasteiger partial charge in [0.15, 0.2) is 0 Å². The zero-order chi connectivity index (χ0) is 15.1. The third-order valence-electron chi connectivity index (χ3n) is 3.82. The third-order valence-corrected chi connectivity index (χ3v) is 5.93. The van der Waals surface area contributed by atoms with Crippen LogP contribution in [0.4, 0.5) is 5.69 Å². The summed E-state index contributed by atoms with van der Waals surface area (Å²) in [5.41, 5.74) is 6.02. The molecule has 0 aliphatic carbocycles. The number of nitrogens with one attached hydrogen (secondary N) is 1. The van der Waals surface area contributed by atoms with Crippen LogP contribution in [-0.4, -0.2) is 26.7 Å². The molecular formula is C13H19ClN2O3S. The van der Waals surface area contributed by atoms with Crippen molar-refractivity contribution in [2.75, 3.05) is 12.3 Å². The highest BCUT2D eigenvalue weighted by Gasteiger charge is 2.40. The Bertz CT molecular complexity index is 609. The Morgan fingerprint density at radius 2 is 2.15 bits per heavy atom. The van der Waals surface area contributed by atoms with E-state index >= 15 is 0 Å². The molecule has 112 valence electrons. The number of nitrogens with two attached hydrogens (primary N) is 1. The van der Waals surface area contributed by atoms with Gasteiger partial charge in [-0.15, -0.1) is 0 Å². The van der Waals surface area contributed by atoms with Crippen molar-refractivity contribution in [3.8, 4) is 0 Å². The summed E-state index contributed by atoms with van der Waals surface area (Å²) in [6.07, 6.45) is 0.457. The molecule has 2 rings (SSSR count). The van der Waals surface area contributed by atoms with Gasteiger partial charge in [0.2, 0.25) is 10.0 Å². The van der Waals surface area contributed by atoms with Crippen LogP contribution in [0.25, 0.3) is 0 Å². The van der Waals surface area contributed by atoms with Crippen molar-refractivity contribution in [2.24, 2.45) is 0 Å². The molecule has 0 amide bonds. The predicted molar refractivity (Wildman–Crippen MR) is 79.4 cm³/mol. The highest BCUT2D eigenvalue weighted by atomic mass is 35.5. The van der Waals surface area contributed by atoms with Crippen LogP contribution < -0.4 is 10.5 Å². The second-order valence-electron chi connectivity index (χ2n) is 5.43. The zero-order valence-electron chi connectivity index (χ0n) is 11.7. The maximum Gasteiger partial charge on any atom is 0.241 e. The van der Waals surface area contributed by atoms with E-state index < -0.39 is 15.6 Å². The van der Waals surface area contributed by atoms with Crippen LogP contribution in [0.3, 0.4) is 0 Å². The number of benzene rings is 1. The van der Waals surface area contributed by atoms with Crippen molar-refractivity contribution in [2.45, 2.75) is 43.7 Å². The van der Waals surface area contributed by atoms with Crippen molar-refractivity contribution >= 4 is 27.3 Å². The summed E-state index contributed by atoms with van der Waals surface area (Å²) < 4.78 is 33.1. The molecule has 0 spiro atoms. The first-order valence-electron chi connectivity index (χ1n) is 6.37. The Kier molecular flexibility index (Phi) is 4.03. The molecule has 1 aromatic carbocycles. The highest BCUT2D eigenvalue weighted by molar-refractivity contribution is 7.89. The monoisotopic (exact) mass is 318 g/mol. The number of aryl methyl sites for hydroxylation is 1. The maximum absolute atomic E-state index is 12.5. The van der Waals surface area contributed by atoms with Gasteiger partial charge in [0.1, 0.15) is 0 Å². The SMILES string of the molecule is Cc1cc(S(=O)(=O)NC2(C)CCOC2C)cc(N)c1Cl. The minimum Gasteiger partial charge on any atom is -0.397 e. The summed E-state index contributed by atoms with van der Waals surface area (Å²) in [5.74, 6) is 0. The minimum atomic E-state index is -3.67. The maximum atomic E-state index is 12.5. The Hall–Kier alpha value is -0.820. The predicted octanol–water partition coefficient (Wildman–Crippen LogP) is 2.08. The van der Waals surface area contributed by atoms with Crippen LogP contribution in [0.1, 0.15) is 25.8 Å². The van der Waals surface area contributed by atoms with Gasteiger partial charge >= 0.3 is 0 Å². The fraction of sp³-hybridized carbons (Fsp3) is 0.538. The third kappa shape index (κ3) is 2.79. The van der Waals surface area contributed by atoms with Gasteiger partial charge in [-0.05, 0) is 44.9 Å². The van der Waals surface area contributed by atoms with Crippen LogP contribution >= 0.6 is 11.6 Å². The second kappa shape index (κ2) is 5.18. The Labute approximate surface area is 124 Å². The summed E-state index contributed by atoms with van der Waals surface area (Å²) in [5, 5.41) is 0.382. The number of hydrogen-bond acceptors (Lipinski definition) is 4. The number of sulfonamides is 1. The fourth-order valence-corrected chi connectivity index (χ4v) is 3.98. The number of nitrogen functional groups attached to an aromatic ring is 1. The van der Waals surface area contributed by atoms with Gasteiger partial charge in [0, 0.05) is 6.61 Å². The lowest BCUT2D eigenvalue weighted by Gasteiger charge is -2.28. The molecule has 7 heteroatoms. The molecule has 1 saturated heterocycles. The van der Waals surface area contributed by atoms with Gasteiger partial charge in [-0.2, -0.15) is 0 Å². The molecule has 0 saturated carbocycles. The summed E-state index contributed by atoms with van der Waals surface area (Å²) >= 11 is 5.96. The molecule has 0 radical (unpaired) electrons. The molecule has 0 bridgehead atoms. The van der Waals surface area contributed by atoms with Crippen LogP contribution in [0.2, 0.25) is 5.02 Å². The topological polar surface area (TPSA) is 81.4 Å². The fourth-order valence-electron chi connectivity index (χ4n) is 2.25. The van der Waals surface area contributed by atoms with E-state index in [0.29, 0.717) is 23.6 Å². The number of halogens is 1. The molecule has 20 heavy (non-hydrogen) atoms. The first-order chi connectivity index (χ1) is 9.16. The molecule has 1 fully saturated rings. The zero-order valence-corrected chi connectivity index (χ0v) is 13.3. The molecule has 5 nitrogen and oxygen atoms in total. The van der Waals surface area contributed by atoms with E-state index in [-0.39, 0.29) is 16.7 Å². The number of hydrogen-bond donors (Lipinski definition) is 2. The Morgan fingerprint density at radius 3 is 2.65 bits per heavy atom. The molecule has 0 aromatic heterocycles. The standard InChI is InChI=1S/C13H19ClN2O3S/c1-8-6-10(7-11(15)12(8)14)20(17,18)16-13(3)4-5-19-9(13)2/h6-7,9,16H,4-5,15H2,1-3H3. The summed E-state index contributed by atoms with van der Waals surface area (Å²) in [7, 11) is -3.67. The second-order valence-corrected chi connectivity index (χ2v) is 7.49. The lowest BCUT2D eigenvalue weighted by atomic mass is 9.97. The lowest BCUT2D eigenvalue weighted by Crippen LogP contribution is -2.50. The number of rotatable bonds is 3. The molecule has 1 aliphatic heterocycles. The van der Waals surface area contributed by atoms with Gasteiger partial charge in [-0.25, -0.2) is 13.1 Å². The van der Waals surface area contributed by atoms with Gasteiger partial charge in [-0.1, -0.05) is 11.6 Å². The van der Waals surface area contributed by atoms with E-state index in [9.17, 15) is 8.42 Å². The van der Waals surface area contributed by atoms with Gasteiger partial charge in [0.25, 0.3) is 0 Å². The van der Waals surface area contributed by atoms with E-state index in [4.69, 9.17) is 22.1 Å². The molecule has 3 N–H and O–H groups in total. The first kappa shape index (κ1) is 15.6. The van der Waals surface area contributed by atoms with Crippen LogP contribution in [0.15, 0.2) is 17.0 Å². The van der Waals surface area contributed by atoms with Crippen molar-refractivity contribution in [1.82, 2.24) is 4.72 Å². The molecule has 1 aliphatic rings. The first-order valence-corrected chi connectivity index (χ1v) is 8.23. The average molecular weight is 319 g/mol. The number of anilines is 1. The highest BCUT2D eigenvalue weighted by Crippen LogP contribution is 2.30. The summed E-state index contributed by atoms with van der Waals surface area (Å²) in [4.78, 5) is 0.122. The largest absolute Gasteiger partial charge is 0.397 e. The normalized spacial score (nSPS) is 26.9. The Balaban J connectivity index is 2.36. The van der Waals surface area contributed by atoms with E-state index in [1.807, 2.05) is 13.8 Å². The van der Waals surface area contributed by atoms with Crippen molar-refractivity contribution in [3.05, 3.63) is 22.7 Å². The summed E-state index contributed by atoms with van der Waals surface area (Å²) in [6, 6.07) is 2.90. The smallest absolute Gasteiger partial charge is 0.241 e. The Morgan fingerprint density at radius 1 is 1.50 bits per heavy atom. The summed E-state index contributed by atoms with van der Waals surface area (Å²) in [6.45, 7) is 5.97. The van der Waals surface area contributed by atoms with Gasteiger partial charge in [-0.3, -0.25) is 0 Å². The molecule has 1 aromatic rings. The van der Waals surface area contributed by atoms with Crippen LogP contribution in [-0.2, 0) is 14.8 Å². The minimum absolute atomic E-state index is 0.122. The molecule has 2 atom stereocenters. The van der Waals surface area contributed by atoms with Crippen molar-refractivity contribution in [1.29, 1.82) is 0 Å². The van der Waals surface area contributed by atoms with Crippen molar-refractivity contribution < 1.29 is 13.2 Å². The van der Waals surface area contributed by atoms with E-state index in [1.165, 1.54) is 12.1 Å². The van der Waals surface area contributed by atoms with E-state index in [2.05, 4.69) is 4.72 Å². The van der Waals surface area contributed by atoms with Crippen LogP contribution in [0, 0.1) is 6.92 Å². The quantitative estimate of drug-likeness (QED) is 0.836. The van der Waals surface area contributed by atoms with Gasteiger partial charge in [0.05, 0.1) is 27.2 Å². The van der Waals surface area contributed by atoms with Crippen LogP contribution in [0.5, 0.6) is 0 Å². The molecular weight excluding hydrogens is 300 g/mol. The van der Waals surface area contributed by atoms with Gasteiger partial charge < -0.3 is 10.5 Å². The van der Waals surface area contributed by atoms with E-state index in [0.717, 1.165) is 0 Å². The molecule has 2 unspecified atom stereocenters. The molecule has 1 heterocycles. The average Bonchev–Trinajstić information content (AvgIpc) is 2.64. The van der Waals surface area contributed by atoms with E-state index in [1.54, 1.807) is 6.92 Å².